The molecular weight excluding hydrogens is 364 g/mol. The highest BCUT2D eigenvalue weighted by atomic mass is 32.2. The molecule has 0 spiro atoms. The monoisotopic (exact) mass is 382 g/mol. The van der Waals surface area contributed by atoms with E-state index in [0.717, 1.165) is 27.7 Å². The molecule has 0 saturated carbocycles. The Hall–Kier alpha value is -2.93. The molecule has 0 atom stereocenters. The van der Waals surface area contributed by atoms with Crippen LogP contribution in [0.3, 0.4) is 0 Å². The van der Waals surface area contributed by atoms with Crippen molar-refractivity contribution in [2.24, 2.45) is 0 Å². The number of fused-ring (bicyclic) bond motifs is 1. The average molecular weight is 382 g/mol. The molecule has 6 nitrogen and oxygen atoms in total. The minimum atomic E-state index is -0.118. The molecule has 1 aromatic heterocycles. The first kappa shape index (κ1) is 17.5. The highest BCUT2D eigenvalue weighted by molar-refractivity contribution is 7.98. The SMILES string of the molecule is Cc1cc(CSc2ccccc2C(=O)NCc2ccc3c(c2)OCO3)no1. The largest absolute Gasteiger partial charge is 0.454 e. The molecule has 0 bridgehead atoms. The summed E-state index contributed by atoms with van der Waals surface area (Å²) in [6, 6.07) is 15.1. The molecule has 0 fully saturated rings. The van der Waals surface area contributed by atoms with E-state index < -0.39 is 0 Å². The van der Waals surface area contributed by atoms with E-state index in [-0.39, 0.29) is 12.7 Å². The van der Waals surface area contributed by atoms with E-state index in [0.29, 0.717) is 23.6 Å². The summed E-state index contributed by atoms with van der Waals surface area (Å²) >= 11 is 1.56. The third-order valence-corrected chi connectivity index (χ3v) is 5.18. The third-order valence-electron chi connectivity index (χ3n) is 4.07. The molecule has 138 valence electrons. The third kappa shape index (κ3) is 4.09. The smallest absolute Gasteiger partial charge is 0.252 e. The predicted octanol–water partition coefficient (Wildman–Crippen LogP) is 3.93. The fourth-order valence-electron chi connectivity index (χ4n) is 2.75. The van der Waals surface area contributed by atoms with Crippen LogP contribution >= 0.6 is 11.8 Å². The Balaban J connectivity index is 1.41. The van der Waals surface area contributed by atoms with Crippen molar-refractivity contribution in [3.05, 3.63) is 71.1 Å². The molecule has 0 saturated heterocycles. The minimum Gasteiger partial charge on any atom is -0.454 e. The van der Waals surface area contributed by atoms with Crippen LogP contribution in [0, 0.1) is 6.92 Å². The second-order valence-electron chi connectivity index (χ2n) is 6.08. The number of nitrogens with one attached hydrogen (secondary N) is 1. The van der Waals surface area contributed by atoms with Crippen molar-refractivity contribution < 1.29 is 18.8 Å². The summed E-state index contributed by atoms with van der Waals surface area (Å²) in [5.41, 5.74) is 2.45. The van der Waals surface area contributed by atoms with Crippen LogP contribution in [0.5, 0.6) is 11.5 Å². The molecule has 0 radical (unpaired) electrons. The normalized spacial score (nSPS) is 12.2. The first-order chi connectivity index (χ1) is 13.2. The van der Waals surface area contributed by atoms with Crippen molar-refractivity contribution in [1.82, 2.24) is 10.5 Å². The lowest BCUT2D eigenvalue weighted by Crippen LogP contribution is -2.23. The molecule has 7 heteroatoms. The number of nitrogens with zero attached hydrogens (tertiary/aromatic N) is 1. The molecule has 3 aromatic rings. The Morgan fingerprint density at radius 2 is 2.00 bits per heavy atom. The molecular formula is C20H18N2O4S. The minimum absolute atomic E-state index is 0.118. The Kier molecular flexibility index (Phi) is 5.02. The highest BCUT2D eigenvalue weighted by Gasteiger charge is 2.15. The van der Waals surface area contributed by atoms with E-state index in [1.54, 1.807) is 11.8 Å². The van der Waals surface area contributed by atoms with Crippen molar-refractivity contribution >= 4 is 17.7 Å². The number of benzene rings is 2. The second-order valence-corrected chi connectivity index (χ2v) is 7.10. The van der Waals surface area contributed by atoms with E-state index in [1.165, 1.54) is 0 Å². The summed E-state index contributed by atoms with van der Waals surface area (Å²) in [4.78, 5) is 13.6. The van der Waals surface area contributed by atoms with Gasteiger partial charge in [0.15, 0.2) is 11.5 Å². The van der Waals surface area contributed by atoms with Gasteiger partial charge in [-0.05, 0) is 36.8 Å². The molecule has 0 unspecified atom stereocenters. The quantitative estimate of drug-likeness (QED) is 0.651. The van der Waals surface area contributed by atoms with Crippen LogP contribution in [-0.2, 0) is 12.3 Å². The van der Waals surface area contributed by atoms with Crippen LogP contribution in [0.4, 0.5) is 0 Å². The van der Waals surface area contributed by atoms with Gasteiger partial charge in [-0.3, -0.25) is 4.79 Å². The number of rotatable bonds is 6. The van der Waals surface area contributed by atoms with Gasteiger partial charge < -0.3 is 19.3 Å². The summed E-state index contributed by atoms with van der Waals surface area (Å²) in [7, 11) is 0. The maximum absolute atomic E-state index is 12.7. The van der Waals surface area contributed by atoms with Crippen LogP contribution in [0.25, 0.3) is 0 Å². The number of carbonyl (C=O) groups excluding carboxylic acids is 1. The van der Waals surface area contributed by atoms with E-state index in [4.69, 9.17) is 14.0 Å². The van der Waals surface area contributed by atoms with E-state index in [1.807, 2.05) is 55.5 Å². The fraction of sp³-hybridized carbons (Fsp3) is 0.200. The Bertz CT molecular complexity index is 970. The first-order valence-electron chi connectivity index (χ1n) is 8.50. The molecule has 27 heavy (non-hydrogen) atoms. The molecule has 4 rings (SSSR count). The van der Waals surface area contributed by atoms with Crippen LogP contribution in [-0.4, -0.2) is 17.9 Å². The lowest BCUT2D eigenvalue weighted by molar-refractivity contribution is 0.0948. The van der Waals surface area contributed by atoms with E-state index >= 15 is 0 Å². The van der Waals surface area contributed by atoms with Crippen LogP contribution in [0.1, 0.15) is 27.4 Å². The predicted molar refractivity (Wildman–Crippen MR) is 101 cm³/mol. The van der Waals surface area contributed by atoms with Crippen molar-refractivity contribution in [2.75, 3.05) is 6.79 Å². The summed E-state index contributed by atoms with van der Waals surface area (Å²) in [5.74, 6) is 2.74. The molecule has 2 heterocycles. The Morgan fingerprint density at radius 3 is 2.85 bits per heavy atom. The second kappa shape index (κ2) is 7.75. The Morgan fingerprint density at radius 1 is 1.15 bits per heavy atom. The number of amides is 1. The lowest BCUT2D eigenvalue weighted by Gasteiger charge is -2.10. The molecule has 1 amide bonds. The zero-order valence-corrected chi connectivity index (χ0v) is 15.5. The van der Waals surface area contributed by atoms with Gasteiger partial charge in [0.2, 0.25) is 6.79 Å². The van der Waals surface area contributed by atoms with Gasteiger partial charge in [-0.2, -0.15) is 0 Å². The van der Waals surface area contributed by atoms with Gasteiger partial charge in [-0.25, -0.2) is 0 Å². The molecule has 1 N–H and O–H groups in total. The van der Waals surface area contributed by atoms with Gasteiger partial charge in [0.25, 0.3) is 5.91 Å². The number of hydrogen-bond donors (Lipinski definition) is 1. The summed E-state index contributed by atoms with van der Waals surface area (Å²) in [6.45, 7) is 2.51. The zero-order chi connectivity index (χ0) is 18.6. The fourth-order valence-corrected chi connectivity index (χ4v) is 3.68. The number of thioether (sulfide) groups is 1. The molecule has 1 aliphatic rings. The Labute approximate surface area is 160 Å². The summed E-state index contributed by atoms with van der Waals surface area (Å²) in [6.07, 6.45) is 0. The maximum atomic E-state index is 12.7. The average Bonchev–Trinajstić information content (AvgIpc) is 3.32. The van der Waals surface area contributed by atoms with Gasteiger partial charge in [0.1, 0.15) is 5.76 Å². The number of carbonyl (C=O) groups is 1. The van der Waals surface area contributed by atoms with Gasteiger partial charge in [0, 0.05) is 23.3 Å². The van der Waals surface area contributed by atoms with E-state index in [9.17, 15) is 4.79 Å². The van der Waals surface area contributed by atoms with Crippen LogP contribution in [0.15, 0.2) is 57.9 Å². The van der Waals surface area contributed by atoms with Crippen molar-refractivity contribution in [3.8, 4) is 11.5 Å². The molecule has 2 aromatic carbocycles. The first-order valence-corrected chi connectivity index (χ1v) is 9.48. The van der Waals surface area contributed by atoms with Crippen molar-refractivity contribution in [1.29, 1.82) is 0 Å². The maximum Gasteiger partial charge on any atom is 0.252 e. The van der Waals surface area contributed by atoms with Crippen molar-refractivity contribution in [3.63, 3.8) is 0 Å². The number of hydrogen-bond acceptors (Lipinski definition) is 6. The zero-order valence-electron chi connectivity index (χ0n) is 14.7. The van der Waals surface area contributed by atoms with Gasteiger partial charge in [-0.1, -0.05) is 23.4 Å². The van der Waals surface area contributed by atoms with Gasteiger partial charge in [0.05, 0.1) is 11.3 Å². The van der Waals surface area contributed by atoms with Crippen molar-refractivity contribution in [2.45, 2.75) is 24.1 Å². The number of aryl methyl sites for hydroxylation is 1. The van der Waals surface area contributed by atoms with Crippen LogP contribution < -0.4 is 14.8 Å². The van der Waals surface area contributed by atoms with E-state index in [2.05, 4.69) is 10.5 Å². The number of ether oxygens (including phenoxy) is 2. The molecule has 0 aliphatic carbocycles. The molecule has 1 aliphatic heterocycles. The summed E-state index contributed by atoms with van der Waals surface area (Å²) in [5, 5.41) is 6.96. The lowest BCUT2D eigenvalue weighted by atomic mass is 10.1. The summed E-state index contributed by atoms with van der Waals surface area (Å²) < 4.78 is 15.8. The standard InChI is InChI=1S/C20H18N2O4S/c1-13-8-15(22-26-13)11-27-19-5-3-2-4-16(19)20(23)21-10-14-6-7-17-18(9-14)25-12-24-17/h2-9H,10-12H2,1H3,(H,21,23). The highest BCUT2D eigenvalue weighted by Crippen LogP contribution is 2.32. The van der Waals surface area contributed by atoms with Gasteiger partial charge in [-0.15, -0.1) is 11.8 Å². The topological polar surface area (TPSA) is 73.6 Å². The number of aromatic nitrogens is 1. The van der Waals surface area contributed by atoms with Gasteiger partial charge >= 0.3 is 0 Å². The van der Waals surface area contributed by atoms with Crippen LogP contribution in [0.2, 0.25) is 0 Å².